The molecule has 29 heavy (non-hydrogen) atoms. The number of guanidine groups is 1. The van der Waals surface area contributed by atoms with Crippen molar-refractivity contribution >= 4 is 29.9 Å². The second-order valence-electron chi connectivity index (χ2n) is 7.65. The number of aromatic nitrogens is 3. The van der Waals surface area contributed by atoms with E-state index in [4.69, 9.17) is 4.74 Å². The van der Waals surface area contributed by atoms with Crippen LogP contribution < -0.4 is 10.6 Å². The van der Waals surface area contributed by atoms with Gasteiger partial charge in [0.05, 0.1) is 12.0 Å². The van der Waals surface area contributed by atoms with Gasteiger partial charge in [-0.25, -0.2) is 4.99 Å². The van der Waals surface area contributed by atoms with Gasteiger partial charge in [-0.15, -0.1) is 34.2 Å². The number of aryl methyl sites for hydroxylation is 1. The second-order valence-corrected chi connectivity index (χ2v) is 7.65. The number of rotatable bonds is 5. The molecule has 1 aromatic rings. The van der Waals surface area contributed by atoms with Gasteiger partial charge in [0.2, 0.25) is 0 Å². The van der Waals surface area contributed by atoms with Crippen molar-refractivity contribution in [3.8, 4) is 0 Å². The van der Waals surface area contributed by atoms with Crippen LogP contribution in [0.2, 0.25) is 0 Å². The summed E-state index contributed by atoms with van der Waals surface area (Å²) in [6.45, 7) is 3.49. The molecule has 3 atom stereocenters. The van der Waals surface area contributed by atoms with Crippen molar-refractivity contribution in [2.75, 3.05) is 13.2 Å². The molecule has 166 valence electrons. The summed E-state index contributed by atoms with van der Waals surface area (Å²) in [5.41, 5.74) is 0. The maximum atomic E-state index is 13.1. The van der Waals surface area contributed by atoms with Crippen molar-refractivity contribution in [1.29, 1.82) is 0 Å². The number of hydrogen-bond acceptors (Lipinski definition) is 4. The maximum absolute atomic E-state index is 13.1. The second kappa shape index (κ2) is 10.8. The molecule has 1 saturated heterocycles. The Labute approximate surface area is 186 Å². The molecule has 11 heteroatoms. The van der Waals surface area contributed by atoms with Gasteiger partial charge in [0.25, 0.3) is 0 Å². The Morgan fingerprint density at radius 1 is 1.24 bits per heavy atom. The van der Waals surface area contributed by atoms with Crippen LogP contribution in [0.15, 0.2) is 4.99 Å². The lowest BCUT2D eigenvalue weighted by Crippen LogP contribution is -2.48. The van der Waals surface area contributed by atoms with Gasteiger partial charge in [-0.2, -0.15) is 13.2 Å². The zero-order valence-corrected chi connectivity index (χ0v) is 19.2. The van der Waals surface area contributed by atoms with E-state index in [-0.39, 0.29) is 49.0 Å². The normalized spacial score (nSPS) is 25.6. The fourth-order valence-electron chi connectivity index (χ4n) is 3.72. The summed E-state index contributed by atoms with van der Waals surface area (Å²) in [7, 11) is 1.86. The van der Waals surface area contributed by atoms with Crippen molar-refractivity contribution in [3.63, 3.8) is 0 Å². The number of aliphatic imine (C=N–C) groups is 1. The van der Waals surface area contributed by atoms with Crippen molar-refractivity contribution in [1.82, 2.24) is 25.4 Å². The van der Waals surface area contributed by atoms with Gasteiger partial charge in [0.1, 0.15) is 12.4 Å². The zero-order chi connectivity index (χ0) is 20.1. The Kier molecular flexibility index (Phi) is 8.98. The molecular weight excluding hydrogens is 500 g/mol. The summed E-state index contributed by atoms with van der Waals surface area (Å²) in [6.07, 6.45) is -0.484. The number of nitrogens with zero attached hydrogens (tertiary/aromatic N) is 4. The van der Waals surface area contributed by atoms with E-state index in [2.05, 4.69) is 25.8 Å². The average Bonchev–Trinajstić information content (AvgIpc) is 3.28. The largest absolute Gasteiger partial charge is 0.391 e. The monoisotopic (exact) mass is 530 g/mol. The molecule has 1 aliphatic carbocycles. The molecule has 0 spiro atoms. The van der Waals surface area contributed by atoms with Crippen LogP contribution in [0.5, 0.6) is 0 Å². The highest BCUT2D eigenvalue weighted by atomic mass is 127. The first kappa shape index (κ1) is 24.2. The highest BCUT2D eigenvalue weighted by Crippen LogP contribution is 2.37. The maximum Gasteiger partial charge on any atom is 0.391 e. The van der Waals surface area contributed by atoms with E-state index in [1.807, 2.05) is 18.5 Å². The third-order valence-electron chi connectivity index (χ3n) is 5.56. The van der Waals surface area contributed by atoms with Crippen LogP contribution in [0.25, 0.3) is 0 Å². The molecular formula is C18H30F3IN6O. The highest BCUT2D eigenvalue weighted by Gasteiger charge is 2.42. The van der Waals surface area contributed by atoms with Gasteiger partial charge in [-0.1, -0.05) is 6.42 Å². The predicted molar refractivity (Wildman–Crippen MR) is 114 cm³/mol. The van der Waals surface area contributed by atoms with Crippen LogP contribution in [0, 0.1) is 12.8 Å². The summed E-state index contributed by atoms with van der Waals surface area (Å²) in [4.78, 5) is 4.54. The summed E-state index contributed by atoms with van der Waals surface area (Å²) >= 11 is 0. The fourth-order valence-corrected chi connectivity index (χ4v) is 3.72. The molecule has 0 radical (unpaired) electrons. The topological polar surface area (TPSA) is 76.4 Å². The van der Waals surface area contributed by atoms with Crippen LogP contribution in [0.3, 0.4) is 0 Å². The quantitative estimate of drug-likeness (QED) is 0.348. The first-order valence-corrected chi connectivity index (χ1v) is 9.91. The molecule has 1 saturated carbocycles. The van der Waals surface area contributed by atoms with Crippen LogP contribution in [0.1, 0.15) is 50.2 Å². The molecule has 2 N–H and O–H groups in total. The highest BCUT2D eigenvalue weighted by molar-refractivity contribution is 14.0. The zero-order valence-electron chi connectivity index (χ0n) is 16.8. The molecule has 2 heterocycles. The molecule has 2 aliphatic rings. The smallest absolute Gasteiger partial charge is 0.376 e. The van der Waals surface area contributed by atoms with Gasteiger partial charge >= 0.3 is 6.18 Å². The van der Waals surface area contributed by atoms with E-state index < -0.39 is 12.1 Å². The van der Waals surface area contributed by atoms with Gasteiger partial charge in [0.15, 0.2) is 11.8 Å². The number of ether oxygens (including phenoxy) is 1. The molecule has 0 bridgehead atoms. The van der Waals surface area contributed by atoms with Gasteiger partial charge in [-0.3, -0.25) is 0 Å². The van der Waals surface area contributed by atoms with Crippen LogP contribution in [0.4, 0.5) is 13.2 Å². The third kappa shape index (κ3) is 6.97. The van der Waals surface area contributed by atoms with E-state index in [0.717, 1.165) is 25.3 Å². The molecule has 7 nitrogen and oxygen atoms in total. The molecule has 0 amide bonds. The summed E-state index contributed by atoms with van der Waals surface area (Å²) in [5.74, 6) is 0.739. The molecule has 1 aliphatic heterocycles. The fraction of sp³-hybridized carbons (Fsp3) is 0.833. The number of halogens is 4. The first-order valence-electron chi connectivity index (χ1n) is 9.91. The van der Waals surface area contributed by atoms with Crippen molar-refractivity contribution in [3.05, 3.63) is 11.6 Å². The number of nitrogens with one attached hydrogen (secondary N) is 2. The van der Waals surface area contributed by atoms with Crippen molar-refractivity contribution in [2.24, 2.45) is 18.0 Å². The third-order valence-corrected chi connectivity index (χ3v) is 5.56. The van der Waals surface area contributed by atoms with Crippen LogP contribution in [-0.2, 0) is 18.3 Å². The summed E-state index contributed by atoms with van der Waals surface area (Å²) in [6, 6.07) is -0.252. The molecule has 3 rings (SSSR count). The lowest BCUT2D eigenvalue weighted by Gasteiger charge is -2.32. The van der Waals surface area contributed by atoms with E-state index in [0.29, 0.717) is 37.7 Å². The Balaban J connectivity index is 0.00000300. The van der Waals surface area contributed by atoms with Gasteiger partial charge < -0.3 is 19.9 Å². The van der Waals surface area contributed by atoms with E-state index in [9.17, 15) is 13.2 Å². The van der Waals surface area contributed by atoms with Crippen LogP contribution >= 0.6 is 24.0 Å². The predicted octanol–water partition coefficient (Wildman–Crippen LogP) is 3.08. The minimum absolute atomic E-state index is 0. The standard InChI is InChI=1S/C18H29F3N6O.HI/c1-12-25-26-16(27(12)2)11-23-17(22-10-15-7-4-8-28-15)24-14-6-3-5-13(9-14)18(19,20)21;/h13-15H,3-11H2,1-2H3,(H2,22,23,24);1H. The number of hydrogen-bond donors (Lipinski definition) is 2. The summed E-state index contributed by atoms with van der Waals surface area (Å²) in [5, 5.41) is 14.5. The van der Waals surface area contributed by atoms with Crippen LogP contribution in [-0.4, -0.2) is 52.2 Å². The Bertz CT molecular complexity index is 675. The first-order chi connectivity index (χ1) is 13.3. The van der Waals surface area contributed by atoms with E-state index in [1.165, 1.54) is 0 Å². The molecule has 3 unspecified atom stereocenters. The Morgan fingerprint density at radius 3 is 2.66 bits per heavy atom. The molecule has 1 aromatic heterocycles. The minimum atomic E-state index is -4.14. The Hall–Kier alpha value is -1.11. The Morgan fingerprint density at radius 2 is 2.03 bits per heavy atom. The van der Waals surface area contributed by atoms with E-state index >= 15 is 0 Å². The van der Waals surface area contributed by atoms with Gasteiger partial charge in [0, 0.05) is 26.2 Å². The lowest BCUT2D eigenvalue weighted by atomic mass is 9.85. The molecule has 2 fully saturated rings. The summed E-state index contributed by atoms with van der Waals surface area (Å²) < 4.78 is 46.8. The van der Waals surface area contributed by atoms with Crippen molar-refractivity contribution < 1.29 is 17.9 Å². The minimum Gasteiger partial charge on any atom is -0.376 e. The van der Waals surface area contributed by atoms with Gasteiger partial charge in [-0.05, 0) is 39.0 Å². The van der Waals surface area contributed by atoms with E-state index in [1.54, 1.807) is 0 Å². The lowest BCUT2D eigenvalue weighted by molar-refractivity contribution is -0.183. The SMILES string of the molecule is Cc1nnc(CN=C(NCC2CCCO2)NC2CCCC(C(F)(F)F)C2)n1C.I. The average molecular weight is 530 g/mol. The molecule has 0 aromatic carbocycles. The van der Waals surface area contributed by atoms with Crippen molar-refractivity contribution in [2.45, 2.75) is 70.3 Å². The number of alkyl halides is 3.